The molecule has 0 aliphatic heterocycles. The Morgan fingerprint density at radius 1 is 0.778 bits per heavy atom. The van der Waals surface area contributed by atoms with Crippen LogP contribution in [0.3, 0.4) is 0 Å². The number of rotatable bonds is 6. The highest BCUT2D eigenvalue weighted by molar-refractivity contribution is 7.14. The van der Waals surface area contributed by atoms with E-state index in [0.717, 1.165) is 0 Å². The third kappa shape index (κ3) is 3.51. The van der Waals surface area contributed by atoms with Crippen molar-refractivity contribution in [1.82, 2.24) is 0 Å². The Bertz CT molecular complexity index is 793. The van der Waals surface area contributed by atoms with Gasteiger partial charge in [0.05, 0.1) is 12.7 Å². The number of hydrogen-bond donors (Lipinski definition) is 0. The Hall–Kier alpha value is -2.91. The van der Waals surface area contributed by atoms with Gasteiger partial charge in [0, 0.05) is 0 Å². The van der Waals surface area contributed by atoms with Crippen molar-refractivity contribution in [2.45, 2.75) is 12.5 Å². The molecule has 3 heteroatoms. The topological polar surface area (TPSA) is 26.3 Å². The largest absolute Gasteiger partial charge is 0.469 e. The maximum atomic E-state index is 13.0. The third-order valence-electron chi connectivity index (χ3n) is 4.99. The number of methoxy groups -OCH3 is 1. The maximum absolute atomic E-state index is 13.0. The van der Waals surface area contributed by atoms with Gasteiger partial charge in [0.2, 0.25) is 0 Å². The van der Waals surface area contributed by atoms with Crippen molar-refractivity contribution in [3.05, 3.63) is 103 Å². The van der Waals surface area contributed by atoms with Gasteiger partial charge in [0.15, 0.2) is 8.07 Å². The van der Waals surface area contributed by atoms with Crippen LogP contribution in [0.25, 0.3) is 0 Å². The van der Waals surface area contributed by atoms with Crippen LogP contribution in [-0.4, -0.2) is 21.2 Å². The average molecular weight is 373 g/mol. The first-order chi connectivity index (χ1) is 13.2. The summed E-state index contributed by atoms with van der Waals surface area (Å²) in [5.41, 5.74) is -0.361. The van der Waals surface area contributed by atoms with E-state index in [1.165, 1.54) is 22.7 Å². The summed E-state index contributed by atoms with van der Waals surface area (Å²) in [6.45, 7) is 1.95. The van der Waals surface area contributed by atoms with Gasteiger partial charge in [0.1, 0.15) is 0 Å². The van der Waals surface area contributed by atoms with Crippen LogP contribution in [0.4, 0.5) is 0 Å². The van der Waals surface area contributed by atoms with Gasteiger partial charge in [-0.25, -0.2) is 0 Å². The normalized spacial score (nSPS) is 12.7. The molecule has 3 aromatic rings. The summed E-state index contributed by atoms with van der Waals surface area (Å²) in [7, 11) is -1.25. The molecule has 136 valence electrons. The molecule has 0 saturated heterocycles. The van der Waals surface area contributed by atoms with Gasteiger partial charge in [0.25, 0.3) is 0 Å². The summed E-state index contributed by atoms with van der Waals surface area (Å²) in [5.74, 6) is -0.198. The summed E-state index contributed by atoms with van der Waals surface area (Å²) >= 11 is 0. The van der Waals surface area contributed by atoms with Crippen molar-refractivity contribution >= 4 is 29.6 Å². The fourth-order valence-corrected chi connectivity index (χ4v) is 9.05. The van der Waals surface area contributed by atoms with Crippen LogP contribution in [0.5, 0.6) is 0 Å². The Morgan fingerprint density at radius 2 is 1.15 bits per heavy atom. The molecule has 3 aromatic carbocycles. The van der Waals surface area contributed by atoms with Crippen LogP contribution in [-0.2, 0) is 9.53 Å². The highest BCUT2D eigenvalue weighted by atomic mass is 28.3. The molecule has 0 N–H and O–H groups in total. The van der Waals surface area contributed by atoms with Crippen molar-refractivity contribution in [3.63, 3.8) is 0 Å². The molecule has 0 fully saturated rings. The molecule has 3 rings (SSSR count). The Balaban J connectivity index is 2.44. The number of benzene rings is 3. The average Bonchev–Trinajstić information content (AvgIpc) is 2.75. The molecular formula is C24H24O2Si. The number of allylic oxidation sites excluding steroid dienone is 1. The molecule has 0 bridgehead atoms. The van der Waals surface area contributed by atoms with Crippen LogP contribution in [0, 0.1) is 0 Å². The fourth-order valence-electron chi connectivity index (χ4n) is 3.86. The third-order valence-corrected chi connectivity index (χ3v) is 10.1. The highest BCUT2D eigenvalue weighted by Gasteiger charge is 2.49. The van der Waals surface area contributed by atoms with E-state index in [1.807, 2.05) is 73.7 Å². The smallest absolute Gasteiger partial charge is 0.310 e. The molecule has 0 aliphatic carbocycles. The highest BCUT2D eigenvalue weighted by Crippen LogP contribution is 2.26. The second kappa shape index (κ2) is 8.65. The van der Waals surface area contributed by atoms with E-state index in [9.17, 15) is 4.79 Å². The van der Waals surface area contributed by atoms with Crippen LogP contribution in [0.2, 0.25) is 5.54 Å². The monoisotopic (exact) mass is 372 g/mol. The van der Waals surface area contributed by atoms with Gasteiger partial charge < -0.3 is 4.74 Å². The van der Waals surface area contributed by atoms with E-state index in [-0.39, 0.29) is 11.5 Å². The summed E-state index contributed by atoms with van der Waals surface area (Å²) < 4.78 is 5.28. The quantitative estimate of drug-likeness (QED) is 0.287. The molecule has 0 amide bonds. The minimum absolute atomic E-state index is 0.198. The molecule has 1 unspecified atom stereocenters. The van der Waals surface area contributed by atoms with Gasteiger partial charge in [-0.2, -0.15) is 0 Å². The number of esters is 1. The maximum Gasteiger partial charge on any atom is 0.310 e. The molecule has 1 atom stereocenters. The number of carbonyl (C=O) groups excluding carboxylic acids is 1. The lowest BCUT2D eigenvalue weighted by molar-refractivity contribution is -0.139. The first-order valence-corrected chi connectivity index (χ1v) is 11.2. The van der Waals surface area contributed by atoms with Crippen molar-refractivity contribution < 1.29 is 9.53 Å². The van der Waals surface area contributed by atoms with E-state index in [2.05, 4.69) is 36.4 Å². The number of hydrogen-bond acceptors (Lipinski definition) is 2. The summed E-state index contributed by atoms with van der Waals surface area (Å²) in [6.07, 6.45) is 3.96. The zero-order chi connectivity index (χ0) is 19.1. The molecule has 2 nitrogen and oxygen atoms in total. The van der Waals surface area contributed by atoms with Gasteiger partial charge in [-0.15, -0.1) is 0 Å². The lowest BCUT2D eigenvalue weighted by Gasteiger charge is -2.38. The minimum atomic E-state index is -2.72. The standard InChI is InChI=1S/C24H24O2Si/c1-3-13-23(24(25)26-2)27(20-14-7-4-8-15-20,21-16-9-5-10-17-21)22-18-11-6-12-19-22/h3-19,23H,1-2H3/b13-3-. The van der Waals surface area contributed by atoms with E-state index in [4.69, 9.17) is 4.74 Å². The zero-order valence-electron chi connectivity index (χ0n) is 15.7. The predicted molar refractivity (Wildman–Crippen MR) is 115 cm³/mol. The molecule has 0 heterocycles. The molecule has 0 aliphatic rings. The van der Waals surface area contributed by atoms with Crippen molar-refractivity contribution in [3.8, 4) is 0 Å². The van der Waals surface area contributed by atoms with Gasteiger partial charge in [-0.1, -0.05) is 103 Å². The van der Waals surface area contributed by atoms with E-state index < -0.39 is 8.07 Å². The molecule has 0 saturated carbocycles. The molecule has 0 radical (unpaired) electrons. The Labute approximate surface area is 162 Å². The second-order valence-electron chi connectivity index (χ2n) is 6.43. The summed E-state index contributed by atoms with van der Waals surface area (Å²) in [6, 6.07) is 31.2. The van der Waals surface area contributed by atoms with Crippen LogP contribution in [0.1, 0.15) is 6.92 Å². The van der Waals surface area contributed by atoms with Crippen LogP contribution < -0.4 is 15.6 Å². The first-order valence-electron chi connectivity index (χ1n) is 9.12. The molecular weight excluding hydrogens is 348 g/mol. The Morgan fingerprint density at radius 3 is 1.44 bits per heavy atom. The minimum Gasteiger partial charge on any atom is -0.469 e. The van der Waals surface area contributed by atoms with Crippen LogP contribution in [0.15, 0.2) is 103 Å². The number of ether oxygens (including phenoxy) is 1. The van der Waals surface area contributed by atoms with Gasteiger partial charge >= 0.3 is 5.97 Å². The summed E-state index contributed by atoms with van der Waals surface area (Å²) in [5, 5.41) is 3.57. The lowest BCUT2D eigenvalue weighted by Crippen LogP contribution is -2.70. The first kappa shape index (κ1) is 18.9. The van der Waals surface area contributed by atoms with Crippen molar-refractivity contribution in [2.24, 2.45) is 0 Å². The van der Waals surface area contributed by atoms with Crippen molar-refractivity contribution in [2.75, 3.05) is 7.11 Å². The lowest BCUT2D eigenvalue weighted by atomic mass is 10.3. The van der Waals surface area contributed by atoms with Crippen LogP contribution >= 0.6 is 0 Å². The fraction of sp³-hybridized carbons (Fsp3) is 0.125. The van der Waals surface area contributed by atoms with E-state index >= 15 is 0 Å². The van der Waals surface area contributed by atoms with E-state index in [1.54, 1.807) is 0 Å². The van der Waals surface area contributed by atoms with E-state index in [0.29, 0.717) is 0 Å². The molecule has 0 aromatic heterocycles. The van der Waals surface area contributed by atoms with Gasteiger partial charge in [-0.05, 0) is 22.5 Å². The molecule has 27 heavy (non-hydrogen) atoms. The van der Waals surface area contributed by atoms with Gasteiger partial charge in [-0.3, -0.25) is 4.79 Å². The second-order valence-corrected chi connectivity index (χ2v) is 10.4. The summed E-state index contributed by atoms with van der Waals surface area (Å²) in [4.78, 5) is 13.0. The molecule has 0 spiro atoms. The van der Waals surface area contributed by atoms with Crippen molar-refractivity contribution in [1.29, 1.82) is 0 Å². The zero-order valence-corrected chi connectivity index (χ0v) is 16.7. The number of carbonyl (C=O) groups is 1. The SMILES string of the molecule is C/C=C\C(C(=O)OC)[Si](c1ccccc1)(c1ccccc1)c1ccccc1. The predicted octanol–water partition coefficient (Wildman–Crippen LogP) is 3.28. The Kier molecular flexibility index (Phi) is 6.04.